The van der Waals surface area contributed by atoms with Gasteiger partial charge in [0, 0.05) is 24.0 Å². The summed E-state index contributed by atoms with van der Waals surface area (Å²) < 4.78 is 2.27. The molecule has 0 saturated heterocycles. The third-order valence-electron chi connectivity index (χ3n) is 3.93. The van der Waals surface area contributed by atoms with Gasteiger partial charge in [0.25, 0.3) is 5.91 Å². The Morgan fingerprint density at radius 1 is 1.18 bits per heavy atom. The van der Waals surface area contributed by atoms with Crippen LogP contribution in [0.15, 0.2) is 48.8 Å². The Kier molecular flexibility index (Phi) is 3.11. The van der Waals surface area contributed by atoms with Gasteiger partial charge in [0.15, 0.2) is 0 Å². The molecule has 2 aromatic heterocycles. The van der Waals surface area contributed by atoms with E-state index >= 15 is 0 Å². The number of hydrogen-bond donors (Lipinski definition) is 1. The zero-order chi connectivity index (χ0) is 14.9. The van der Waals surface area contributed by atoms with Crippen molar-refractivity contribution in [3.8, 4) is 0 Å². The molecule has 1 aliphatic rings. The number of pyridine rings is 1. The maximum Gasteiger partial charge on any atom is 0.251 e. The van der Waals surface area contributed by atoms with E-state index in [2.05, 4.69) is 25.9 Å². The van der Waals surface area contributed by atoms with Crippen molar-refractivity contribution >= 4 is 16.9 Å². The van der Waals surface area contributed by atoms with Crippen LogP contribution in [0, 0.1) is 0 Å². The lowest BCUT2D eigenvalue weighted by molar-refractivity contribution is 0.0949. The van der Waals surface area contributed by atoms with E-state index < -0.39 is 0 Å². The second-order valence-electron chi connectivity index (χ2n) is 5.54. The summed E-state index contributed by atoms with van der Waals surface area (Å²) in [6, 6.07) is 12.1. The number of hydrogen-bond acceptors (Lipinski definition) is 3. The highest BCUT2D eigenvalue weighted by atomic mass is 16.1. The van der Waals surface area contributed by atoms with Crippen LogP contribution in [0.3, 0.4) is 0 Å². The Morgan fingerprint density at radius 2 is 1.95 bits per heavy atom. The summed E-state index contributed by atoms with van der Waals surface area (Å²) in [5.41, 5.74) is 2.75. The van der Waals surface area contributed by atoms with E-state index in [0.717, 1.165) is 16.9 Å². The molecule has 0 aliphatic heterocycles. The average Bonchev–Trinajstić information content (AvgIpc) is 3.33. The number of fused-ring (bicyclic) bond motifs is 1. The monoisotopic (exact) mass is 292 g/mol. The smallest absolute Gasteiger partial charge is 0.251 e. The summed E-state index contributed by atoms with van der Waals surface area (Å²) in [5.74, 6) is 0.822. The number of imidazole rings is 1. The highest BCUT2D eigenvalue weighted by Crippen LogP contribution is 2.38. The number of benzene rings is 1. The summed E-state index contributed by atoms with van der Waals surface area (Å²) >= 11 is 0. The number of aromatic nitrogens is 3. The third kappa shape index (κ3) is 2.35. The first kappa shape index (κ1) is 13.0. The largest absolute Gasteiger partial charge is 0.345 e. The molecule has 0 unspecified atom stereocenters. The first-order valence-electron chi connectivity index (χ1n) is 7.47. The summed E-state index contributed by atoms with van der Waals surface area (Å²) in [7, 11) is 0. The van der Waals surface area contributed by atoms with Crippen molar-refractivity contribution in [1.82, 2.24) is 19.9 Å². The highest BCUT2D eigenvalue weighted by molar-refractivity contribution is 5.93. The van der Waals surface area contributed by atoms with Crippen LogP contribution < -0.4 is 5.32 Å². The molecule has 1 N–H and O–H groups in total. The van der Waals surface area contributed by atoms with Crippen LogP contribution in [0.1, 0.15) is 35.1 Å². The van der Waals surface area contributed by atoms with E-state index in [1.807, 2.05) is 18.2 Å². The number of amides is 1. The Labute approximate surface area is 128 Å². The highest BCUT2D eigenvalue weighted by Gasteiger charge is 2.28. The van der Waals surface area contributed by atoms with Gasteiger partial charge >= 0.3 is 0 Å². The molecule has 22 heavy (non-hydrogen) atoms. The number of rotatable bonds is 4. The fourth-order valence-electron chi connectivity index (χ4n) is 2.72. The van der Waals surface area contributed by atoms with Crippen LogP contribution >= 0.6 is 0 Å². The lowest BCUT2D eigenvalue weighted by Gasteiger charge is -2.09. The molecular formula is C17H16N4O. The molecule has 0 radical (unpaired) electrons. The fourth-order valence-corrected chi connectivity index (χ4v) is 2.72. The fraction of sp³-hybridized carbons (Fsp3) is 0.235. The van der Waals surface area contributed by atoms with E-state index in [9.17, 15) is 4.79 Å². The molecule has 0 atom stereocenters. The number of carbonyl (C=O) groups excluding carboxylic acids is 1. The molecule has 2 heterocycles. The normalized spacial score (nSPS) is 14.2. The molecule has 1 aliphatic carbocycles. The quantitative estimate of drug-likeness (QED) is 0.804. The summed E-state index contributed by atoms with van der Waals surface area (Å²) in [6.07, 6.45) is 5.61. The van der Waals surface area contributed by atoms with Crippen LogP contribution in [0.4, 0.5) is 0 Å². The van der Waals surface area contributed by atoms with Crippen LogP contribution in [-0.2, 0) is 6.54 Å². The molecule has 5 nitrogen and oxygen atoms in total. The van der Waals surface area contributed by atoms with Crippen molar-refractivity contribution in [3.63, 3.8) is 0 Å². The average molecular weight is 292 g/mol. The summed E-state index contributed by atoms with van der Waals surface area (Å²) in [6.45, 7) is 0.437. The van der Waals surface area contributed by atoms with Gasteiger partial charge in [0.1, 0.15) is 5.82 Å². The number of nitrogens with one attached hydrogen (secondary N) is 1. The van der Waals surface area contributed by atoms with Crippen molar-refractivity contribution in [2.24, 2.45) is 0 Å². The van der Waals surface area contributed by atoms with Crippen LogP contribution in [0.5, 0.6) is 0 Å². The van der Waals surface area contributed by atoms with Crippen molar-refractivity contribution in [2.45, 2.75) is 25.4 Å². The van der Waals surface area contributed by atoms with E-state index in [1.165, 1.54) is 12.8 Å². The minimum Gasteiger partial charge on any atom is -0.345 e. The molecule has 110 valence electrons. The minimum absolute atomic E-state index is 0.100. The zero-order valence-electron chi connectivity index (χ0n) is 12.1. The van der Waals surface area contributed by atoms with Crippen molar-refractivity contribution in [2.75, 3.05) is 0 Å². The Balaban J connectivity index is 1.59. The predicted octanol–water partition coefficient (Wildman–Crippen LogP) is 2.70. The van der Waals surface area contributed by atoms with Crippen LogP contribution in [-0.4, -0.2) is 20.4 Å². The lowest BCUT2D eigenvalue weighted by Crippen LogP contribution is -2.24. The van der Waals surface area contributed by atoms with Gasteiger partial charge in [-0.15, -0.1) is 0 Å². The number of nitrogens with zero attached hydrogens (tertiary/aromatic N) is 3. The second kappa shape index (κ2) is 5.26. The van der Waals surface area contributed by atoms with E-state index in [4.69, 9.17) is 0 Å². The van der Waals surface area contributed by atoms with Gasteiger partial charge in [-0.05, 0) is 37.1 Å². The maximum absolute atomic E-state index is 12.2. The van der Waals surface area contributed by atoms with Crippen molar-refractivity contribution in [1.29, 1.82) is 0 Å². The van der Waals surface area contributed by atoms with Gasteiger partial charge in [0.2, 0.25) is 0 Å². The number of carbonyl (C=O) groups is 1. The van der Waals surface area contributed by atoms with Crippen LogP contribution in [0.2, 0.25) is 0 Å². The van der Waals surface area contributed by atoms with E-state index in [1.54, 1.807) is 24.5 Å². The van der Waals surface area contributed by atoms with Crippen LogP contribution in [0.25, 0.3) is 11.0 Å². The topological polar surface area (TPSA) is 59.8 Å². The Hall–Kier alpha value is -2.69. The third-order valence-corrected chi connectivity index (χ3v) is 3.93. The standard InChI is InChI=1S/C17H16N4O/c22-17(12-7-9-18-10-8-12)19-11-16-20-14-3-1-2-4-15(14)21(16)13-5-6-13/h1-4,7-10,13H,5-6,11H2,(H,19,22). The van der Waals surface area contributed by atoms with Gasteiger partial charge in [0.05, 0.1) is 17.6 Å². The van der Waals surface area contributed by atoms with Gasteiger partial charge in [-0.2, -0.15) is 0 Å². The first-order chi connectivity index (χ1) is 10.8. The van der Waals surface area contributed by atoms with Crippen molar-refractivity contribution < 1.29 is 4.79 Å². The molecule has 1 amide bonds. The minimum atomic E-state index is -0.100. The molecule has 1 saturated carbocycles. The van der Waals surface area contributed by atoms with Gasteiger partial charge in [-0.3, -0.25) is 9.78 Å². The molecule has 3 aromatic rings. The lowest BCUT2D eigenvalue weighted by atomic mass is 10.2. The molecule has 4 rings (SSSR count). The zero-order valence-corrected chi connectivity index (χ0v) is 12.1. The first-order valence-corrected chi connectivity index (χ1v) is 7.47. The molecule has 1 fully saturated rings. The Bertz CT molecular complexity index is 821. The van der Waals surface area contributed by atoms with E-state index in [0.29, 0.717) is 18.2 Å². The van der Waals surface area contributed by atoms with Crippen molar-refractivity contribution in [3.05, 3.63) is 60.2 Å². The molecular weight excluding hydrogens is 276 g/mol. The van der Waals surface area contributed by atoms with Gasteiger partial charge < -0.3 is 9.88 Å². The number of para-hydroxylation sites is 2. The maximum atomic E-state index is 12.2. The SMILES string of the molecule is O=C(NCc1nc2ccccc2n1C1CC1)c1ccncc1. The van der Waals surface area contributed by atoms with Gasteiger partial charge in [-0.25, -0.2) is 4.98 Å². The Morgan fingerprint density at radius 3 is 2.73 bits per heavy atom. The predicted molar refractivity (Wildman–Crippen MR) is 83.4 cm³/mol. The molecule has 0 spiro atoms. The summed E-state index contributed by atoms with van der Waals surface area (Å²) in [4.78, 5) is 20.8. The van der Waals surface area contributed by atoms with E-state index in [-0.39, 0.29) is 5.91 Å². The van der Waals surface area contributed by atoms with Gasteiger partial charge in [-0.1, -0.05) is 12.1 Å². The summed E-state index contributed by atoms with van der Waals surface area (Å²) in [5, 5.41) is 2.95. The molecule has 5 heteroatoms. The molecule has 1 aromatic carbocycles. The second-order valence-corrected chi connectivity index (χ2v) is 5.54. The molecule has 0 bridgehead atoms.